The number of carbonyl (C=O) groups excluding carboxylic acids is 2. The number of carbonyl (C=O) groups is 2. The van der Waals surface area contributed by atoms with Crippen molar-refractivity contribution in [3.05, 3.63) is 99.1 Å². The molecule has 0 saturated carbocycles. The molecule has 3 aromatic rings. The fourth-order valence-corrected chi connectivity index (χ4v) is 3.73. The highest BCUT2D eigenvalue weighted by atomic mass is 79.9. The Labute approximate surface area is 192 Å². The third-order valence-electron chi connectivity index (χ3n) is 4.49. The number of hydrogen-bond acceptors (Lipinski definition) is 4. The van der Waals surface area contributed by atoms with Gasteiger partial charge in [0.1, 0.15) is 17.3 Å². The van der Waals surface area contributed by atoms with E-state index in [2.05, 4.69) is 20.9 Å². The van der Waals surface area contributed by atoms with Crippen LogP contribution in [-0.4, -0.2) is 17.7 Å². The molecule has 7 heteroatoms. The van der Waals surface area contributed by atoms with Crippen molar-refractivity contribution in [3.8, 4) is 5.75 Å². The van der Waals surface area contributed by atoms with Gasteiger partial charge in [0, 0.05) is 17.5 Å². The fraction of sp³-hybridized carbons (Fsp3) is 0.0417. The summed E-state index contributed by atoms with van der Waals surface area (Å²) in [5.74, 6) is 0.281. The predicted molar refractivity (Wildman–Crippen MR) is 125 cm³/mol. The van der Waals surface area contributed by atoms with E-state index in [1.54, 1.807) is 41.3 Å². The van der Waals surface area contributed by atoms with Gasteiger partial charge in [0.15, 0.2) is 0 Å². The van der Waals surface area contributed by atoms with E-state index in [4.69, 9.17) is 16.3 Å². The number of nitrogens with zero attached hydrogens (tertiary/aromatic N) is 2. The van der Waals surface area contributed by atoms with E-state index in [1.807, 2.05) is 42.5 Å². The van der Waals surface area contributed by atoms with Gasteiger partial charge in [0.25, 0.3) is 5.91 Å². The first kappa shape index (κ1) is 21.0. The van der Waals surface area contributed by atoms with Crippen molar-refractivity contribution in [2.75, 3.05) is 4.90 Å². The summed E-state index contributed by atoms with van der Waals surface area (Å²) >= 11 is 9.42. The fourth-order valence-electron chi connectivity index (χ4n) is 3.13. The Hall–Kier alpha value is -3.22. The van der Waals surface area contributed by atoms with Crippen LogP contribution in [0.2, 0.25) is 5.02 Å². The number of esters is 1. The largest absolute Gasteiger partial charge is 0.426 e. The van der Waals surface area contributed by atoms with Gasteiger partial charge < -0.3 is 4.74 Å². The van der Waals surface area contributed by atoms with E-state index in [-0.39, 0.29) is 5.91 Å². The molecule has 0 aliphatic carbocycles. The SMILES string of the molecule is CC(=O)Oc1ccc(/C=C2\N=C(c3ccc(Cl)cc3)N(c3ccccc3)C2=O)cc1Br. The Bertz CT molecular complexity index is 1220. The zero-order chi connectivity index (χ0) is 22.0. The summed E-state index contributed by atoms with van der Waals surface area (Å²) in [6.07, 6.45) is 1.70. The number of hydrogen-bond donors (Lipinski definition) is 0. The number of halogens is 2. The van der Waals surface area contributed by atoms with Gasteiger partial charge in [0.2, 0.25) is 0 Å². The maximum Gasteiger partial charge on any atom is 0.308 e. The number of rotatable bonds is 4. The molecule has 0 atom stereocenters. The number of para-hydroxylation sites is 1. The first-order chi connectivity index (χ1) is 14.9. The molecule has 0 fully saturated rings. The molecular formula is C24H16BrClN2O3. The maximum atomic E-state index is 13.3. The van der Waals surface area contributed by atoms with E-state index >= 15 is 0 Å². The molecular weight excluding hydrogens is 480 g/mol. The van der Waals surface area contributed by atoms with Crippen LogP contribution in [0.5, 0.6) is 5.75 Å². The Balaban J connectivity index is 1.76. The lowest BCUT2D eigenvalue weighted by Gasteiger charge is -2.18. The molecule has 1 aliphatic heterocycles. The van der Waals surface area contributed by atoms with E-state index in [0.717, 1.165) is 16.8 Å². The lowest BCUT2D eigenvalue weighted by Crippen LogP contribution is -2.32. The van der Waals surface area contributed by atoms with E-state index in [9.17, 15) is 9.59 Å². The molecule has 0 unspecified atom stereocenters. The molecule has 1 amide bonds. The van der Waals surface area contributed by atoms with Crippen molar-refractivity contribution in [2.24, 2.45) is 4.99 Å². The summed E-state index contributed by atoms with van der Waals surface area (Å²) < 4.78 is 5.73. The van der Waals surface area contributed by atoms with Crippen LogP contribution in [-0.2, 0) is 9.59 Å². The van der Waals surface area contributed by atoms with Crippen LogP contribution in [0.3, 0.4) is 0 Å². The van der Waals surface area contributed by atoms with E-state index < -0.39 is 5.97 Å². The highest BCUT2D eigenvalue weighted by Gasteiger charge is 2.32. The second-order valence-corrected chi connectivity index (χ2v) is 8.02. The molecule has 0 aromatic heterocycles. The Morgan fingerprint density at radius 1 is 1.06 bits per heavy atom. The minimum atomic E-state index is -0.409. The zero-order valence-corrected chi connectivity index (χ0v) is 18.7. The second kappa shape index (κ2) is 8.88. The standard InChI is InChI=1S/C24H16BrClN2O3/c1-15(29)31-22-12-7-16(13-20(22)25)14-21-24(30)28(19-5-3-2-4-6-19)23(27-21)17-8-10-18(26)11-9-17/h2-14H,1H3/b21-14-. The van der Waals surface area contributed by atoms with E-state index in [1.165, 1.54) is 6.92 Å². The molecule has 0 saturated heterocycles. The molecule has 0 spiro atoms. The van der Waals surface area contributed by atoms with Crippen LogP contribution in [0.1, 0.15) is 18.1 Å². The smallest absolute Gasteiger partial charge is 0.308 e. The number of benzene rings is 3. The van der Waals surface area contributed by atoms with Gasteiger partial charge in [-0.05, 0) is 76.1 Å². The van der Waals surface area contributed by atoms with Gasteiger partial charge >= 0.3 is 5.97 Å². The van der Waals surface area contributed by atoms with Crippen molar-refractivity contribution >= 4 is 57.0 Å². The van der Waals surface area contributed by atoms with Gasteiger partial charge in [-0.3, -0.25) is 14.5 Å². The molecule has 31 heavy (non-hydrogen) atoms. The van der Waals surface area contributed by atoms with Crippen LogP contribution >= 0.6 is 27.5 Å². The predicted octanol–water partition coefficient (Wildman–Crippen LogP) is 5.86. The summed E-state index contributed by atoms with van der Waals surface area (Å²) in [5.41, 5.74) is 2.52. The number of amidine groups is 1. The quantitative estimate of drug-likeness (QED) is 0.259. The first-order valence-electron chi connectivity index (χ1n) is 9.36. The van der Waals surface area contributed by atoms with Crippen LogP contribution in [0, 0.1) is 0 Å². The molecule has 154 valence electrons. The third kappa shape index (κ3) is 4.60. The topological polar surface area (TPSA) is 59.0 Å². The average molecular weight is 496 g/mol. The summed E-state index contributed by atoms with van der Waals surface area (Å²) in [6, 6.07) is 21.7. The Kier molecular flexibility index (Phi) is 6.02. The molecule has 0 radical (unpaired) electrons. The maximum absolute atomic E-state index is 13.3. The van der Waals surface area contributed by atoms with Crippen LogP contribution in [0.4, 0.5) is 5.69 Å². The molecule has 0 bridgehead atoms. The third-order valence-corrected chi connectivity index (χ3v) is 5.36. The van der Waals surface area contributed by atoms with Crippen molar-refractivity contribution in [2.45, 2.75) is 6.92 Å². The summed E-state index contributed by atoms with van der Waals surface area (Å²) in [5, 5.41) is 0.605. The summed E-state index contributed by atoms with van der Waals surface area (Å²) in [7, 11) is 0. The number of ether oxygens (including phenoxy) is 1. The molecule has 4 rings (SSSR count). The summed E-state index contributed by atoms with van der Waals surface area (Å²) in [6.45, 7) is 1.34. The minimum absolute atomic E-state index is 0.240. The van der Waals surface area contributed by atoms with E-state index in [0.29, 0.717) is 26.8 Å². The highest BCUT2D eigenvalue weighted by Crippen LogP contribution is 2.30. The zero-order valence-electron chi connectivity index (χ0n) is 16.4. The van der Waals surface area contributed by atoms with Gasteiger partial charge in [-0.2, -0.15) is 0 Å². The normalized spacial score (nSPS) is 14.7. The van der Waals surface area contributed by atoms with Gasteiger partial charge in [-0.1, -0.05) is 35.9 Å². The highest BCUT2D eigenvalue weighted by molar-refractivity contribution is 9.10. The number of amides is 1. The van der Waals surface area contributed by atoms with Crippen molar-refractivity contribution < 1.29 is 14.3 Å². The number of aliphatic imine (C=N–C) groups is 1. The van der Waals surface area contributed by atoms with Crippen LogP contribution in [0.25, 0.3) is 6.08 Å². The van der Waals surface area contributed by atoms with Crippen molar-refractivity contribution in [1.82, 2.24) is 0 Å². The second-order valence-electron chi connectivity index (χ2n) is 6.73. The van der Waals surface area contributed by atoms with Crippen molar-refractivity contribution in [1.29, 1.82) is 0 Å². The lowest BCUT2D eigenvalue weighted by molar-refractivity contribution is -0.131. The summed E-state index contributed by atoms with van der Waals surface area (Å²) in [4.78, 5) is 30.7. The lowest BCUT2D eigenvalue weighted by atomic mass is 10.1. The van der Waals surface area contributed by atoms with Crippen LogP contribution in [0.15, 0.2) is 88.0 Å². The molecule has 1 aliphatic rings. The average Bonchev–Trinajstić information content (AvgIpc) is 3.07. The van der Waals surface area contributed by atoms with Gasteiger partial charge in [-0.15, -0.1) is 0 Å². The molecule has 1 heterocycles. The first-order valence-corrected chi connectivity index (χ1v) is 10.5. The minimum Gasteiger partial charge on any atom is -0.426 e. The Morgan fingerprint density at radius 3 is 2.42 bits per heavy atom. The Morgan fingerprint density at radius 2 is 1.77 bits per heavy atom. The van der Waals surface area contributed by atoms with Gasteiger partial charge in [-0.25, -0.2) is 4.99 Å². The molecule has 3 aromatic carbocycles. The van der Waals surface area contributed by atoms with Gasteiger partial charge in [0.05, 0.1) is 10.2 Å². The molecule has 5 nitrogen and oxygen atoms in total. The number of anilines is 1. The monoisotopic (exact) mass is 494 g/mol. The van der Waals surface area contributed by atoms with Crippen LogP contribution < -0.4 is 9.64 Å². The van der Waals surface area contributed by atoms with Crippen molar-refractivity contribution in [3.63, 3.8) is 0 Å². The molecule has 0 N–H and O–H groups in total.